The van der Waals surface area contributed by atoms with Gasteiger partial charge in [0.25, 0.3) is 0 Å². The van der Waals surface area contributed by atoms with Crippen LogP contribution >= 0.6 is 11.3 Å². The lowest BCUT2D eigenvalue weighted by Gasteiger charge is -2.29. The van der Waals surface area contributed by atoms with Gasteiger partial charge in [-0.3, -0.25) is 9.89 Å². The van der Waals surface area contributed by atoms with E-state index in [2.05, 4.69) is 56.2 Å². The summed E-state index contributed by atoms with van der Waals surface area (Å²) in [5.41, 5.74) is 1.29. The predicted molar refractivity (Wildman–Crippen MR) is 114 cm³/mol. The maximum Gasteiger partial charge on any atom is 0.191 e. The Balaban J connectivity index is 1.59. The van der Waals surface area contributed by atoms with Gasteiger partial charge in [-0.15, -0.1) is 11.3 Å². The highest BCUT2D eigenvalue weighted by molar-refractivity contribution is 7.09. The number of nitrogens with zero attached hydrogens (tertiary/aromatic N) is 2. The molecule has 1 aromatic carbocycles. The van der Waals surface area contributed by atoms with E-state index in [9.17, 15) is 0 Å². The number of ether oxygens (including phenoxy) is 1. The Morgan fingerprint density at radius 2 is 2.07 bits per heavy atom. The Morgan fingerprint density at radius 1 is 1.22 bits per heavy atom. The summed E-state index contributed by atoms with van der Waals surface area (Å²) >= 11 is 1.80. The summed E-state index contributed by atoms with van der Waals surface area (Å²) in [7, 11) is 3.55. The molecule has 1 aliphatic rings. The Bertz CT molecular complexity index is 711. The van der Waals surface area contributed by atoms with Crippen LogP contribution in [0.1, 0.15) is 29.3 Å². The van der Waals surface area contributed by atoms with Crippen molar-refractivity contribution in [2.75, 3.05) is 40.3 Å². The zero-order chi connectivity index (χ0) is 18.9. The number of nitrogens with one attached hydrogen (secondary N) is 2. The van der Waals surface area contributed by atoms with Crippen LogP contribution in [0.2, 0.25) is 0 Å². The molecule has 1 aliphatic heterocycles. The molecular weight excluding hydrogens is 356 g/mol. The molecule has 5 nitrogen and oxygen atoms in total. The molecule has 146 valence electrons. The third-order valence-corrected chi connectivity index (χ3v) is 5.93. The van der Waals surface area contributed by atoms with Crippen LogP contribution in [0.3, 0.4) is 0 Å². The largest absolute Gasteiger partial charge is 0.497 e. The van der Waals surface area contributed by atoms with E-state index in [1.54, 1.807) is 18.4 Å². The number of hydrogen-bond acceptors (Lipinski definition) is 4. The Hall–Kier alpha value is -2.05. The number of rotatable bonds is 8. The van der Waals surface area contributed by atoms with E-state index in [0.717, 1.165) is 44.3 Å². The summed E-state index contributed by atoms with van der Waals surface area (Å²) in [6.45, 7) is 4.00. The molecule has 2 aromatic rings. The first-order chi connectivity index (χ1) is 13.3. The smallest absolute Gasteiger partial charge is 0.191 e. The van der Waals surface area contributed by atoms with E-state index in [0.29, 0.717) is 6.04 Å². The minimum atomic E-state index is 0.318. The lowest BCUT2D eigenvalue weighted by atomic mass is 10.1. The molecule has 2 N–H and O–H groups in total. The molecule has 3 rings (SSSR count). The summed E-state index contributed by atoms with van der Waals surface area (Å²) < 4.78 is 5.43. The van der Waals surface area contributed by atoms with E-state index in [4.69, 9.17) is 4.74 Å². The van der Waals surface area contributed by atoms with Crippen molar-refractivity contribution < 1.29 is 4.74 Å². The van der Waals surface area contributed by atoms with Crippen molar-refractivity contribution in [1.29, 1.82) is 0 Å². The highest BCUT2D eigenvalue weighted by Crippen LogP contribution is 2.27. The van der Waals surface area contributed by atoms with Gasteiger partial charge in [0.05, 0.1) is 13.2 Å². The first kappa shape index (κ1) is 19.7. The molecule has 6 heteroatoms. The SMILES string of the molecule is CN=C(NCCc1cccs1)NCC(c1cccc(OC)c1)N1CCCC1. The fraction of sp³-hybridized carbons (Fsp3) is 0.476. The molecule has 0 amide bonds. The summed E-state index contributed by atoms with van der Waals surface area (Å²) in [6, 6.07) is 13.0. The van der Waals surface area contributed by atoms with Crippen molar-refractivity contribution in [3.05, 3.63) is 52.2 Å². The van der Waals surface area contributed by atoms with Gasteiger partial charge in [-0.25, -0.2) is 0 Å². The maximum absolute atomic E-state index is 5.43. The molecule has 1 atom stereocenters. The van der Waals surface area contributed by atoms with Gasteiger partial charge in [0.15, 0.2) is 5.96 Å². The molecule has 1 fully saturated rings. The molecule has 0 aliphatic carbocycles. The second-order valence-corrected chi connectivity index (χ2v) is 7.78. The molecule has 0 spiro atoms. The van der Waals surface area contributed by atoms with E-state index < -0.39 is 0 Å². The van der Waals surface area contributed by atoms with Crippen LogP contribution in [0.15, 0.2) is 46.8 Å². The van der Waals surface area contributed by atoms with E-state index >= 15 is 0 Å². The predicted octanol–water partition coefficient (Wildman–Crippen LogP) is 3.30. The van der Waals surface area contributed by atoms with Gasteiger partial charge in [0, 0.05) is 25.0 Å². The van der Waals surface area contributed by atoms with Gasteiger partial charge in [-0.1, -0.05) is 18.2 Å². The molecule has 0 saturated carbocycles. The highest BCUT2D eigenvalue weighted by Gasteiger charge is 2.24. The van der Waals surface area contributed by atoms with Crippen molar-refractivity contribution in [1.82, 2.24) is 15.5 Å². The minimum Gasteiger partial charge on any atom is -0.497 e. The van der Waals surface area contributed by atoms with Gasteiger partial charge in [-0.2, -0.15) is 0 Å². The van der Waals surface area contributed by atoms with Gasteiger partial charge in [0.2, 0.25) is 0 Å². The number of thiophene rings is 1. The molecule has 2 heterocycles. The number of benzene rings is 1. The van der Waals surface area contributed by atoms with Crippen LogP contribution in [0.4, 0.5) is 0 Å². The van der Waals surface area contributed by atoms with Crippen LogP contribution in [0.25, 0.3) is 0 Å². The lowest BCUT2D eigenvalue weighted by molar-refractivity contribution is 0.245. The standard InChI is InChI=1S/C21H30N4OS/c1-22-21(23-11-10-19-9-6-14-27-19)24-16-20(25-12-3-4-13-25)17-7-5-8-18(15-17)26-2/h5-9,14-15,20H,3-4,10-13,16H2,1-2H3,(H2,22,23,24). The topological polar surface area (TPSA) is 48.9 Å². The highest BCUT2D eigenvalue weighted by atomic mass is 32.1. The van der Waals surface area contributed by atoms with Crippen LogP contribution in [0, 0.1) is 0 Å². The zero-order valence-corrected chi connectivity index (χ0v) is 17.1. The average molecular weight is 387 g/mol. The summed E-state index contributed by atoms with van der Waals surface area (Å²) in [5.74, 6) is 1.77. The quantitative estimate of drug-likeness (QED) is 0.540. The molecule has 1 saturated heterocycles. The van der Waals surface area contributed by atoms with Crippen molar-refractivity contribution in [3.8, 4) is 5.75 Å². The van der Waals surface area contributed by atoms with E-state index in [1.165, 1.54) is 23.3 Å². The molecule has 0 bridgehead atoms. The molecule has 1 unspecified atom stereocenters. The second kappa shape index (κ2) is 10.3. The molecule has 1 aromatic heterocycles. The first-order valence-corrected chi connectivity index (χ1v) is 10.5. The normalized spacial score (nSPS) is 16.3. The number of guanidine groups is 1. The summed E-state index contributed by atoms with van der Waals surface area (Å²) in [6.07, 6.45) is 3.56. The fourth-order valence-corrected chi connectivity index (χ4v) is 4.24. The maximum atomic E-state index is 5.43. The fourth-order valence-electron chi connectivity index (χ4n) is 3.53. The third-order valence-electron chi connectivity index (χ3n) is 4.99. The van der Waals surface area contributed by atoms with Crippen molar-refractivity contribution in [3.63, 3.8) is 0 Å². The molecular formula is C21H30N4OS. The van der Waals surface area contributed by atoms with E-state index in [-0.39, 0.29) is 0 Å². The molecule has 0 radical (unpaired) electrons. The minimum absolute atomic E-state index is 0.318. The monoisotopic (exact) mass is 386 g/mol. The number of likely N-dealkylation sites (tertiary alicyclic amines) is 1. The van der Waals surface area contributed by atoms with Gasteiger partial charge in [-0.05, 0) is 61.5 Å². The van der Waals surface area contributed by atoms with Crippen LogP contribution in [-0.4, -0.2) is 51.2 Å². The number of aliphatic imine (C=N–C) groups is 1. The summed E-state index contributed by atoms with van der Waals surface area (Å²) in [5, 5.41) is 9.07. The first-order valence-electron chi connectivity index (χ1n) is 9.65. The Labute approximate surface area is 166 Å². The van der Waals surface area contributed by atoms with Crippen molar-refractivity contribution >= 4 is 17.3 Å². The third kappa shape index (κ3) is 5.71. The van der Waals surface area contributed by atoms with Crippen LogP contribution in [0.5, 0.6) is 5.75 Å². The van der Waals surface area contributed by atoms with Crippen molar-refractivity contribution in [2.24, 2.45) is 4.99 Å². The van der Waals surface area contributed by atoms with E-state index in [1.807, 2.05) is 13.1 Å². The Morgan fingerprint density at radius 3 is 2.78 bits per heavy atom. The second-order valence-electron chi connectivity index (χ2n) is 6.74. The van der Waals surface area contributed by atoms with Gasteiger partial charge < -0.3 is 15.4 Å². The summed E-state index contributed by atoms with van der Waals surface area (Å²) in [4.78, 5) is 8.34. The average Bonchev–Trinajstić information content (AvgIpc) is 3.41. The van der Waals surface area contributed by atoms with Gasteiger partial charge in [0.1, 0.15) is 5.75 Å². The number of methoxy groups -OCH3 is 1. The lowest BCUT2D eigenvalue weighted by Crippen LogP contribution is -2.43. The zero-order valence-electron chi connectivity index (χ0n) is 16.3. The number of hydrogen-bond donors (Lipinski definition) is 2. The van der Waals surface area contributed by atoms with Crippen LogP contribution < -0.4 is 15.4 Å². The van der Waals surface area contributed by atoms with Crippen LogP contribution in [-0.2, 0) is 6.42 Å². The van der Waals surface area contributed by atoms with Gasteiger partial charge >= 0.3 is 0 Å². The molecule has 27 heavy (non-hydrogen) atoms. The van der Waals surface area contributed by atoms with Crippen molar-refractivity contribution in [2.45, 2.75) is 25.3 Å². The Kier molecular flexibility index (Phi) is 7.54.